The summed E-state index contributed by atoms with van der Waals surface area (Å²) in [5.74, 6) is 2.08. The van der Waals surface area contributed by atoms with Gasteiger partial charge in [-0.25, -0.2) is 0 Å². The third-order valence-corrected chi connectivity index (χ3v) is 2.30. The minimum Gasteiger partial charge on any atom is -0.486 e. The van der Waals surface area contributed by atoms with E-state index >= 15 is 0 Å². The van der Waals surface area contributed by atoms with E-state index in [9.17, 15) is 0 Å². The number of rotatable bonds is 3. The van der Waals surface area contributed by atoms with E-state index in [1.54, 1.807) is 6.08 Å². The molecule has 14 heavy (non-hydrogen) atoms. The Labute approximate surface area is 85.9 Å². The first kappa shape index (κ1) is 10.9. The van der Waals surface area contributed by atoms with Gasteiger partial charge >= 0.3 is 0 Å². The van der Waals surface area contributed by atoms with E-state index in [1.165, 1.54) is 5.57 Å². The Morgan fingerprint density at radius 1 is 1.29 bits per heavy atom. The summed E-state index contributed by atoms with van der Waals surface area (Å²) in [7, 11) is 0. The third-order valence-electron chi connectivity index (χ3n) is 2.30. The van der Waals surface area contributed by atoms with E-state index in [4.69, 9.17) is 9.47 Å². The summed E-state index contributed by atoms with van der Waals surface area (Å²) in [5.41, 5.74) is 1.28. The minimum absolute atomic E-state index is 0.527. The highest BCUT2D eigenvalue weighted by Crippen LogP contribution is 2.19. The number of hydrogen-bond donors (Lipinski definition) is 0. The van der Waals surface area contributed by atoms with Gasteiger partial charge in [-0.1, -0.05) is 26.0 Å². The zero-order valence-electron chi connectivity index (χ0n) is 9.17. The van der Waals surface area contributed by atoms with E-state index in [0.717, 1.165) is 11.5 Å². The molecular weight excluding hydrogens is 176 g/mol. The van der Waals surface area contributed by atoms with E-state index in [2.05, 4.69) is 27.4 Å². The summed E-state index contributed by atoms with van der Waals surface area (Å²) < 4.78 is 10.9. The van der Waals surface area contributed by atoms with Crippen molar-refractivity contribution in [2.75, 3.05) is 13.2 Å². The van der Waals surface area contributed by atoms with Gasteiger partial charge in [0.05, 0.1) is 0 Å². The largest absolute Gasteiger partial charge is 0.486 e. The quantitative estimate of drug-likeness (QED) is 0.687. The lowest BCUT2D eigenvalue weighted by Crippen LogP contribution is -2.12. The second kappa shape index (κ2) is 4.89. The molecule has 2 heteroatoms. The van der Waals surface area contributed by atoms with Crippen molar-refractivity contribution >= 4 is 0 Å². The molecule has 0 radical (unpaired) electrons. The van der Waals surface area contributed by atoms with Crippen LogP contribution < -0.4 is 0 Å². The van der Waals surface area contributed by atoms with Crippen LogP contribution in [-0.2, 0) is 9.47 Å². The van der Waals surface area contributed by atoms with Gasteiger partial charge in [0.1, 0.15) is 13.2 Å². The van der Waals surface area contributed by atoms with Gasteiger partial charge in [-0.3, -0.25) is 0 Å². The topological polar surface area (TPSA) is 18.5 Å². The van der Waals surface area contributed by atoms with Gasteiger partial charge in [0.15, 0.2) is 11.5 Å². The molecule has 0 aromatic heterocycles. The van der Waals surface area contributed by atoms with Crippen molar-refractivity contribution in [3.05, 3.63) is 35.8 Å². The van der Waals surface area contributed by atoms with Crippen LogP contribution in [0.4, 0.5) is 0 Å². The van der Waals surface area contributed by atoms with Gasteiger partial charge in [0.2, 0.25) is 0 Å². The van der Waals surface area contributed by atoms with Gasteiger partial charge < -0.3 is 9.47 Å². The molecule has 78 valence electrons. The van der Waals surface area contributed by atoms with Crippen molar-refractivity contribution in [1.82, 2.24) is 0 Å². The van der Waals surface area contributed by atoms with Crippen molar-refractivity contribution in [3.8, 4) is 0 Å². The Morgan fingerprint density at radius 3 is 2.36 bits per heavy atom. The van der Waals surface area contributed by atoms with Crippen LogP contribution in [0.25, 0.3) is 0 Å². The van der Waals surface area contributed by atoms with Gasteiger partial charge in [0, 0.05) is 0 Å². The number of allylic oxidation sites excluding steroid dienone is 3. The summed E-state index contributed by atoms with van der Waals surface area (Å²) in [6.07, 6.45) is 3.72. The van der Waals surface area contributed by atoms with Crippen molar-refractivity contribution in [1.29, 1.82) is 0 Å². The Morgan fingerprint density at radius 2 is 1.86 bits per heavy atom. The lowest BCUT2D eigenvalue weighted by atomic mass is 10.0. The predicted octanol–water partition coefficient (Wildman–Crippen LogP) is 3.03. The van der Waals surface area contributed by atoms with Crippen LogP contribution in [0.2, 0.25) is 0 Å². The average Bonchev–Trinajstić information content (AvgIpc) is 2.18. The molecule has 0 unspecified atom stereocenters. The van der Waals surface area contributed by atoms with Crippen LogP contribution in [-0.4, -0.2) is 13.2 Å². The molecule has 1 aliphatic heterocycles. The molecule has 1 rings (SSSR count). The van der Waals surface area contributed by atoms with Crippen molar-refractivity contribution < 1.29 is 9.47 Å². The molecule has 0 saturated heterocycles. The molecule has 0 saturated carbocycles. The molecule has 0 atom stereocenters. The second-order valence-corrected chi connectivity index (χ2v) is 3.67. The van der Waals surface area contributed by atoms with Crippen molar-refractivity contribution in [3.63, 3.8) is 0 Å². The molecule has 0 bridgehead atoms. The summed E-state index contributed by atoms with van der Waals surface area (Å²) in [6.45, 7) is 11.3. The Bertz CT molecular complexity index is 272. The standard InChI is InChI=1S/C12H18O2/c1-5-11-12(14-7-6-13-11)8-10(4)9(2)3/h5,8-9H,1,6-7H2,2-4H3/b10-8+. The van der Waals surface area contributed by atoms with E-state index in [-0.39, 0.29) is 0 Å². The first-order valence-electron chi connectivity index (χ1n) is 4.95. The highest BCUT2D eigenvalue weighted by Gasteiger charge is 2.11. The maximum absolute atomic E-state index is 5.51. The lowest BCUT2D eigenvalue weighted by Gasteiger charge is -2.19. The molecule has 2 nitrogen and oxygen atoms in total. The molecule has 0 aliphatic carbocycles. The molecule has 0 fully saturated rings. The predicted molar refractivity (Wildman–Crippen MR) is 57.7 cm³/mol. The summed E-state index contributed by atoms with van der Waals surface area (Å²) in [4.78, 5) is 0. The maximum Gasteiger partial charge on any atom is 0.161 e. The van der Waals surface area contributed by atoms with Crippen LogP contribution in [0.1, 0.15) is 20.8 Å². The van der Waals surface area contributed by atoms with Crippen LogP contribution in [0, 0.1) is 5.92 Å². The third kappa shape index (κ3) is 2.66. The lowest BCUT2D eigenvalue weighted by molar-refractivity contribution is 0.0767. The maximum atomic E-state index is 5.51. The van der Waals surface area contributed by atoms with Gasteiger partial charge in [0.25, 0.3) is 0 Å². The van der Waals surface area contributed by atoms with Gasteiger partial charge in [-0.2, -0.15) is 0 Å². The first-order valence-corrected chi connectivity index (χ1v) is 4.95. The summed E-state index contributed by atoms with van der Waals surface area (Å²) >= 11 is 0. The van der Waals surface area contributed by atoms with Crippen LogP contribution in [0.5, 0.6) is 0 Å². The van der Waals surface area contributed by atoms with Crippen LogP contribution in [0.15, 0.2) is 35.8 Å². The second-order valence-electron chi connectivity index (χ2n) is 3.67. The molecule has 1 heterocycles. The van der Waals surface area contributed by atoms with Crippen LogP contribution in [0.3, 0.4) is 0 Å². The minimum atomic E-state index is 0.527. The van der Waals surface area contributed by atoms with Crippen molar-refractivity contribution in [2.45, 2.75) is 20.8 Å². The zero-order valence-corrected chi connectivity index (χ0v) is 9.17. The normalized spacial score (nSPS) is 17.9. The fraction of sp³-hybridized carbons (Fsp3) is 0.500. The molecule has 0 aromatic rings. The fourth-order valence-corrected chi connectivity index (χ4v) is 1.09. The highest BCUT2D eigenvalue weighted by molar-refractivity contribution is 5.27. The Hall–Kier alpha value is -1.18. The molecule has 1 aliphatic rings. The first-order chi connectivity index (χ1) is 6.65. The van der Waals surface area contributed by atoms with Gasteiger partial charge in [-0.15, -0.1) is 0 Å². The fourth-order valence-electron chi connectivity index (χ4n) is 1.09. The molecule has 0 spiro atoms. The smallest absolute Gasteiger partial charge is 0.161 e. The Balaban J connectivity index is 2.88. The number of hydrogen-bond acceptors (Lipinski definition) is 2. The molecule has 0 N–H and O–H groups in total. The summed E-state index contributed by atoms with van der Waals surface area (Å²) in [6, 6.07) is 0. The Kier molecular flexibility index (Phi) is 3.81. The van der Waals surface area contributed by atoms with Crippen molar-refractivity contribution in [2.24, 2.45) is 5.92 Å². The van der Waals surface area contributed by atoms with E-state index < -0.39 is 0 Å². The monoisotopic (exact) mass is 194 g/mol. The SMILES string of the molecule is C=CC1=C(/C=C(\C)C(C)C)OCCO1. The highest BCUT2D eigenvalue weighted by atomic mass is 16.6. The van der Waals surface area contributed by atoms with E-state index in [0.29, 0.717) is 19.1 Å². The van der Waals surface area contributed by atoms with Gasteiger partial charge in [-0.05, 0) is 25.0 Å². The molecule has 0 amide bonds. The summed E-state index contributed by atoms with van der Waals surface area (Å²) in [5, 5.41) is 0. The van der Waals surface area contributed by atoms with E-state index in [1.807, 2.05) is 6.08 Å². The number of ether oxygens (including phenoxy) is 2. The molecule has 0 aromatic carbocycles. The van der Waals surface area contributed by atoms with Crippen LogP contribution >= 0.6 is 0 Å². The average molecular weight is 194 g/mol. The molecular formula is C12H18O2. The zero-order chi connectivity index (χ0) is 10.6.